The third-order valence-electron chi connectivity index (χ3n) is 5.02. The zero-order chi connectivity index (χ0) is 19.9. The second kappa shape index (κ2) is 9.37. The second-order valence-electron chi connectivity index (χ2n) is 6.77. The van der Waals surface area contributed by atoms with Crippen molar-refractivity contribution in [2.45, 2.75) is 31.2 Å². The number of nitrogens with one attached hydrogen (secondary N) is 1. The molecule has 0 spiro atoms. The molecule has 0 aromatic heterocycles. The molecular formula is C22H25NO5. The molecule has 0 radical (unpaired) electrons. The van der Waals surface area contributed by atoms with Crippen LogP contribution in [0.4, 0.5) is 4.79 Å². The summed E-state index contributed by atoms with van der Waals surface area (Å²) in [6.45, 7) is 0.225. The van der Waals surface area contributed by atoms with Crippen molar-refractivity contribution in [1.82, 2.24) is 5.32 Å². The van der Waals surface area contributed by atoms with E-state index in [1.165, 1.54) is 7.11 Å². The Morgan fingerprint density at radius 3 is 2.21 bits per heavy atom. The zero-order valence-corrected chi connectivity index (χ0v) is 15.9. The van der Waals surface area contributed by atoms with E-state index in [2.05, 4.69) is 17.4 Å². The number of carbonyl (C=O) groups excluding carboxylic acids is 2. The number of esters is 1. The van der Waals surface area contributed by atoms with E-state index in [1.54, 1.807) is 0 Å². The van der Waals surface area contributed by atoms with Crippen LogP contribution in [0.5, 0.6) is 0 Å². The number of ether oxygens (including phenoxy) is 2. The van der Waals surface area contributed by atoms with Crippen LogP contribution in [0.3, 0.4) is 0 Å². The summed E-state index contributed by atoms with van der Waals surface area (Å²) in [5.41, 5.74) is 4.57. The standard InChI is InChI=1S/C22H25NO5/c1-27-21(25)20(12-6-7-13-24)23-22(26)28-14-19-17-10-4-2-8-15(17)16-9-3-5-11-18(16)19/h2-5,8-11,19-20,24H,6-7,12-14H2,1H3,(H,23,26)/t20-/m0/s1. The summed E-state index contributed by atoms with van der Waals surface area (Å²) in [7, 11) is 1.28. The fraction of sp³-hybridized carbons (Fsp3) is 0.364. The summed E-state index contributed by atoms with van der Waals surface area (Å²) in [4.78, 5) is 24.2. The number of alkyl carbamates (subject to hydrolysis) is 1. The van der Waals surface area contributed by atoms with Crippen LogP contribution in [0, 0.1) is 0 Å². The minimum Gasteiger partial charge on any atom is -0.467 e. The van der Waals surface area contributed by atoms with Crippen LogP contribution < -0.4 is 5.32 Å². The first-order valence-electron chi connectivity index (χ1n) is 9.46. The Morgan fingerprint density at radius 2 is 1.64 bits per heavy atom. The lowest BCUT2D eigenvalue weighted by molar-refractivity contribution is -0.143. The molecule has 6 heteroatoms. The van der Waals surface area contributed by atoms with Crippen molar-refractivity contribution in [3.8, 4) is 11.1 Å². The Bertz CT molecular complexity index is 790. The monoisotopic (exact) mass is 383 g/mol. The molecule has 6 nitrogen and oxygen atoms in total. The van der Waals surface area contributed by atoms with Gasteiger partial charge >= 0.3 is 12.1 Å². The fourth-order valence-corrected chi connectivity index (χ4v) is 3.63. The maximum atomic E-state index is 12.3. The molecule has 1 atom stereocenters. The van der Waals surface area contributed by atoms with Crippen molar-refractivity contribution in [3.63, 3.8) is 0 Å². The average Bonchev–Trinajstić information content (AvgIpc) is 3.05. The number of hydrogen-bond acceptors (Lipinski definition) is 5. The Morgan fingerprint density at radius 1 is 1.04 bits per heavy atom. The molecule has 1 aliphatic rings. The van der Waals surface area contributed by atoms with Crippen LogP contribution in [0.1, 0.15) is 36.3 Å². The van der Waals surface area contributed by atoms with Gasteiger partial charge in [-0.15, -0.1) is 0 Å². The Kier molecular flexibility index (Phi) is 6.66. The maximum absolute atomic E-state index is 12.3. The summed E-state index contributed by atoms with van der Waals surface area (Å²) in [6, 6.07) is 15.4. The third kappa shape index (κ3) is 4.34. The normalized spacial score (nSPS) is 13.4. The molecule has 0 fully saturated rings. The van der Waals surface area contributed by atoms with E-state index < -0.39 is 18.1 Å². The molecule has 0 aliphatic heterocycles. The van der Waals surface area contributed by atoms with Crippen LogP contribution in [0.25, 0.3) is 11.1 Å². The highest BCUT2D eigenvalue weighted by molar-refractivity contribution is 5.82. The fourth-order valence-electron chi connectivity index (χ4n) is 3.63. The minimum atomic E-state index is -0.785. The zero-order valence-electron chi connectivity index (χ0n) is 15.9. The van der Waals surface area contributed by atoms with E-state index in [1.807, 2.05) is 36.4 Å². The number of fused-ring (bicyclic) bond motifs is 3. The molecule has 2 N–H and O–H groups in total. The lowest BCUT2D eigenvalue weighted by Gasteiger charge is -2.18. The molecule has 2 aromatic carbocycles. The first-order chi connectivity index (χ1) is 13.7. The van der Waals surface area contributed by atoms with Crippen LogP contribution >= 0.6 is 0 Å². The molecule has 0 unspecified atom stereocenters. The SMILES string of the molecule is COC(=O)[C@H](CCCCO)NC(=O)OCC1c2ccccc2-c2ccccc21. The summed E-state index contributed by atoms with van der Waals surface area (Å²) in [5.74, 6) is -0.560. The Balaban J connectivity index is 1.64. The van der Waals surface area contributed by atoms with Gasteiger partial charge in [-0.2, -0.15) is 0 Å². The van der Waals surface area contributed by atoms with E-state index in [0.29, 0.717) is 19.3 Å². The van der Waals surface area contributed by atoms with E-state index in [9.17, 15) is 9.59 Å². The number of carbonyl (C=O) groups is 2. The molecule has 148 valence electrons. The molecule has 3 rings (SSSR count). The number of unbranched alkanes of at least 4 members (excludes halogenated alkanes) is 1. The van der Waals surface area contributed by atoms with Gasteiger partial charge in [-0.3, -0.25) is 0 Å². The van der Waals surface area contributed by atoms with Gasteiger partial charge in [0, 0.05) is 12.5 Å². The predicted octanol–water partition coefficient (Wildman–Crippen LogP) is 3.23. The molecule has 0 heterocycles. The van der Waals surface area contributed by atoms with E-state index >= 15 is 0 Å². The van der Waals surface area contributed by atoms with E-state index in [-0.39, 0.29) is 19.1 Å². The highest BCUT2D eigenvalue weighted by atomic mass is 16.6. The number of aliphatic hydroxyl groups excluding tert-OH is 1. The number of rotatable bonds is 8. The molecule has 2 aromatic rings. The smallest absolute Gasteiger partial charge is 0.407 e. The van der Waals surface area contributed by atoms with Gasteiger partial charge in [0.2, 0.25) is 0 Å². The molecule has 1 amide bonds. The highest BCUT2D eigenvalue weighted by Crippen LogP contribution is 2.44. The summed E-state index contributed by atoms with van der Waals surface area (Å²) in [5, 5.41) is 11.5. The first kappa shape index (κ1) is 19.9. The van der Waals surface area contributed by atoms with Gasteiger partial charge in [-0.1, -0.05) is 48.5 Å². The number of methoxy groups -OCH3 is 1. The van der Waals surface area contributed by atoms with Crippen molar-refractivity contribution >= 4 is 12.1 Å². The predicted molar refractivity (Wildman–Crippen MR) is 105 cm³/mol. The highest BCUT2D eigenvalue weighted by Gasteiger charge is 2.29. The molecule has 28 heavy (non-hydrogen) atoms. The Labute approximate surface area is 164 Å². The van der Waals surface area contributed by atoms with E-state index in [4.69, 9.17) is 14.6 Å². The molecule has 0 bridgehead atoms. The number of amides is 1. The van der Waals surface area contributed by atoms with Gasteiger partial charge in [-0.25, -0.2) is 9.59 Å². The third-order valence-corrected chi connectivity index (χ3v) is 5.02. The van der Waals surface area contributed by atoms with Crippen molar-refractivity contribution in [2.75, 3.05) is 20.3 Å². The van der Waals surface area contributed by atoms with Gasteiger partial charge in [0.25, 0.3) is 0 Å². The quantitative estimate of drug-likeness (QED) is 0.540. The van der Waals surface area contributed by atoms with Crippen LogP contribution in [0.15, 0.2) is 48.5 Å². The first-order valence-corrected chi connectivity index (χ1v) is 9.46. The van der Waals surface area contributed by atoms with Gasteiger partial charge in [0.15, 0.2) is 0 Å². The minimum absolute atomic E-state index is 0.0379. The van der Waals surface area contributed by atoms with Gasteiger partial charge in [-0.05, 0) is 41.5 Å². The lowest BCUT2D eigenvalue weighted by atomic mass is 9.98. The molecular weight excluding hydrogens is 358 g/mol. The van der Waals surface area contributed by atoms with Crippen molar-refractivity contribution in [3.05, 3.63) is 59.7 Å². The van der Waals surface area contributed by atoms with Crippen molar-refractivity contribution in [1.29, 1.82) is 0 Å². The average molecular weight is 383 g/mol. The number of benzene rings is 2. The second-order valence-corrected chi connectivity index (χ2v) is 6.77. The number of aliphatic hydroxyl groups is 1. The van der Waals surface area contributed by atoms with Crippen LogP contribution in [-0.2, 0) is 14.3 Å². The molecule has 0 saturated heterocycles. The molecule has 0 saturated carbocycles. The van der Waals surface area contributed by atoms with Crippen molar-refractivity contribution < 1.29 is 24.2 Å². The van der Waals surface area contributed by atoms with Gasteiger partial charge < -0.3 is 19.9 Å². The van der Waals surface area contributed by atoms with Crippen LogP contribution in [-0.4, -0.2) is 43.5 Å². The summed E-state index contributed by atoms with van der Waals surface area (Å²) >= 11 is 0. The maximum Gasteiger partial charge on any atom is 0.407 e. The number of hydrogen-bond donors (Lipinski definition) is 2. The van der Waals surface area contributed by atoms with E-state index in [0.717, 1.165) is 22.3 Å². The topological polar surface area (TPSA) is 84.9 Å². The summed E-state index contributed by atoms with van der Waals surface area (Å²) in [6.07, 6.45) is 0.887. The Hall–Kier alpha value is -2.86. The summed E-state index contributed by atoms with van der Waals surface area (Å²) < 4.78 is 10.2. The lowest BCUT2D eigenvalue weighted by Crippen LogP contribution is -2.42. The van der Waals surface area contributed by atoms with Crippen LogP contribution in [0.2, 0.25) is 0 Å². The molecule has 1 aliphatic carbocycles. The van der Waals surface area contributed by atoms with Gasteiger partial charge in [0.1, 0.15) is 12.6 Å². The largest absolute Gasteiger partial charge is 0.467 e. The van der Waals surface area contributed by atoms with Gasteiger partial charge in [0.05, 0.1) is 7.11 Å². The van der Waals surface area contributed by atoms with Crippen molar-refractivity contribution in [2.24, 2.45) is 0 Å².